The van der Waals surface area contributed by atoms with Crippen molar-refractivity contribution in [3.05, 3.63) is 188 Å². The second-order valence-electron chi connectivity index (χ2n) is 22.3. The highest BCUT2D eigenvalue weighted by Gasteiger charge is 2.21. The third-order valence-electron chi connectivity index (χ3n) is 12.5. The maximum absolute atomic E-state index is 6.66. The van der Waals surface area contributed by atoms with Gasteiger partial charge < -0.3 is 29.6 Å². The Labute approximate surface area is 396 Å². The van der Waals surface area contributed by atoms with Gasteiger partial charge in [0.2, 0.25) is 0 Å². The summed E-state index contributed by atoms with van der Waals surface area (Å²) in [5.41, 5.74) is 13.9. The fourth-order valence-electron chi connectivity index (χ4n) is 8.23. The number of nitrogens with one attached hydrogen (secondary N) is 2. The molecule has 0 atom stereocenters. The molecule has 1 heterocycles. The van der Waals surface area contributed by atoms with Crippen LogP contribution in [0.1, 0.15) is 150 Å². The van der Waals surface area contributed by atoms with Crippen LogP contribution in [0.5, 0.6) is 23.0 Å². The van der Waals surface area contributed by atoms with E-state index < -0.39 is 0 Å². The first kappa shape index (κ1) is 48.4. The van der Waals surface area contributed by atoms with Crippen molar-refractivity contribution >= 4 is 0 Å². The first-order valence-electron chi connectivity index (χ1n) is 23.8. The summed E-state index contributed by atoms with van der Waals surface area (Å²) in [7, 11) is 0. The Morgan fingerprint density at radius 2 is 0.530 bits per heavy atom. The average Bonchev–Trinajstić information content (AvgIpc) is 3.25. The van der Waals surface area contributed by atoms with Crippen LogP contribution in [-0.2, 0) is 74.3 Å². The Bertz CT molecular complexity index is 2250. The molecule has 0 unspecified atom stereocenters. The summed E-state index contributed by atoms with van der Waals surface area (Å²) < 4.78 is 26.6. The highest BCUT2D eigenvalue weighted by atomic mass is 16.5. The van der Waals surface area contributed by atoms with Crippen LogP contribution in [0.3, 0.4) is 0 Å². The normalized spacial score (nSPS) is 14.8. The van der Waals surface area contributed by atoms with E-state index in [4.69, 9.17) is 18.9 Å². The lowest BCUT2D eigenvalue weighted by molar-refractivity contribution is 0.294. The topological polar surface area (TPSA) is 61.0 Å². The monoisotopic (exact) mass is 887 g/mol. The first-order chi connectivity index (χ1) is 31.2. The van der Waals surface area contributed by atoms with Gasteiger partial charge in [-0.1, -0.05) is 168 Å². The molecular formula is C60H74N2O4. The minimum Gasteiger partial charge on any atom is -0.489 e. The van der Waals surface area contributed by atoms with Crippen molar-refractivity contribution in [3.63, 3.8) is 0 Å². The van der Waals surface area contributed by atoms with Crippen molar-refractivity contribution < 1.29 is 18.9 Å². The van der Waals surface area contributed by atoms with Crippen molar-refractivity contribution in [2.45, 2.75) is 157 Å². The van der Waals surface area contributed by atoms with E-state index in [1.807, 2.05) is 0 Å². The summed E-state index contributed by atoms with van der Waals surface area (Å²) >= 11 is 0. The second-order valence-corrected chi connectivity index (χ2v) is 22.3. The Morgan fingerprint density at radius 1 is 0.303 bits per heavy atom. The maximum atomic E-state index is 6.66. The molecule has 6 nitrogen and oxygen atoms in total. The number of fused-ring (bicyclic) bond motifs is 8. The van der Waals surface area contributed by atoms with Gasteiger partial charge in [-0.3, -0.25) is 0 Å². The highest BCUT2D eigenvalue weighted by molar-refractivity contribution is 5.44. The molecule has 1 aliphatic rings. The number of rotatable bonds is 0. The van der Waals surface area contributed by atoms with E-state index in [0.717, 1.165) is 67.5 Å². The molecule has 1 aliphatic heterocycles. The minimum absolute atomic E-state index is 0.00626. The predicted molar refractivity (Wildman–Crippen MR) is 272 cm³/mol. The van der Waals surface area contributed by atoms with Crippen molar-refractivity contribution in [3.8, 4) is 23.0 Å². The quantitative estimate of drug-likeness (QED) is 0.158. The average molecular weight is 887 g/mol. The van der Waals surface area contributed by atoms with Crippen LogP contribution >= 0.6 is 0 Å². The summed E-state index contributed by atoms with van der Waals surface area (Å²) in [5, 5.41) is 7.56. The van der Waals surface area contributed by atoms with Gasteiger partial charge >= 0.3 is 0 Å². The van der Waals surface area contributed by atoms with Gasteiger partial charge in [-0.15, -0.1) is 0 Å². The number of hydrogen-bond acceptors (Lipinski definition) is 6. The molecule has 0 fully saturated rings. The first-order valence-corrected chi connectivity index (χ1v) is 23.8. The lowest BCUT2D eigenvalue weighted by Crippen LogP contribution is -2.18. The summed E-state index contributed by atoms with van der Waals surface area (Å²) in [4.78, 5) is 0. The van der Waals surface area contributed by atoms with Gasteiger partial charge in [0, 0.05) is 48.4 Å². The van der Waals surface area contributed by atoms with Crippen molar-refractivity contribution in [1.29, 1.82) is 0 Å². The van der Waals surface area contributed by atoms with Gasteiger partial charge in [-0.2, -0.15) is 0 Å². The Morgan fingerprint density at radius 3 is 0.742 bits per heavy atom. The summed E-state index contributed by atoms with van der Waals surface area (Å²) in [6.07, 6.45) is 0. The molecule has 6 aromatic rings. The van der Waals surface area contributed by atoms with E-state index >= 15 is 0 Å². The fourth-order valence-corrected chi connectivity index (χ4v) is 8.23. The summed E-state index contributed by atoms with van der Waals surface area (Å²) in [6, 6.07) is 43.6. The molecular weight excluding hydrogens is 813 g/mol. The van der Waals surface area contributed by atoms with Gasteiger partial charge in [0.15, 0.2) is 0 Å². The van der Waals surface area contributed by atoms with Gasteiger partial charge in [0.25, 0.3) is 0 Å². The standard InChI is InChI=1S/C60H74N2O4/c1-57(2,3)49-19-23-53-45(29-49)33-61-34-46-30-50(58(4,5)6)20-24-54(46)64-39-43-17-14-18-44(28-43)40-66-56-26-22-52(60(10,11)12)32-48(56)36-62-35-47-31-51(59(7,8)9)21-25-55(47)65-38-42-16-13-15-41(27-42)37-63-53/h13-32,61-62H,33-40H2,1-12H3. The number of benzene rings is 6. The zero-order chi connectivity index (χ0) is 47.3. The predicted octanol–water partition coefficient (Wildman–Crippen LogP) is 14.1. The van der Waals surface area contributed by atoms with Crippen LogP contribution in [-0.4, -0.2) is 0 Å². The molecule has 7 rings (SSSR count). The van der Waals surface area contributed by atoms with Gasteiger partial charge in [-0.25, -0.2) is 0 Å². The maximum Gasteiger partial charge on any atom is 0.124 e. The molecule has 66 heavy (non-hydrogen) atoms. The van der Waals surface area contributed by atoms with Gasteiger partial charge in [0.05, 0.1) is 0 Å². The minimum atomic E-state index is -0.00626. The number of ether oxygens (including phenoxy) is 4. The Balaban J connectivity index is 1.23. The van der Waals surface area contributed by atoms with E-state index in [1.54, 1.807) is 0 Å². The van der Waals surface area contributed by atoms with Gasteiger partial charge in [-0.05, 0) is 103 Å². The third kappa shape index (κ3) is 12.9. The fraction of sp³-hybridized carbons (Fsp3) is 0.400. The van der Waals surface area contributed by atoms with Crippen LogP contribution < -0.4 is 29.6 Å². The molecule has 0 saturated carbocycles. The third-order valence-corrected chi connectivity index (χ3v) is 12.5. The van der Waals surface area contributed by atoms with Crippen LogP contribution in [0.2, 0.25) is 0 Å². The van der Waals surface area contributed by atoms with Crippen LogP contribution in [0.15, 0.2) is 121 Å². The van der Waals surface area contributed by atoms with Gasteiger partial charge in [0.1, 0.15) is 49.4 Å². The van der Waals surface area contributed by atoms with Crippen LogP contribution in [0.25, 0.3) is 0 Å². The molecule has 0 aromatic heterocycles. The van der Waals surface area contributed by atoms with Crippen molar-refractivity contribution in [2.75, 3.05) is 0 Å². The summed E-state index contributed by atoms with van der Waals surface area (Å²) in [5.74, 6) is 3.51. The molecule has 0 saturated heterocycles. The SMILES string of the molecule is CC(C)(C)c1ccc2c(c1)CNCc1cc(C(C)(C)C)ccc1OCc1cccc(c1)COc1ccc(C(C)(C)C)cc1CNCc1cc(C(C)(C)C)ccc1OCc1cccc(c1)CO2. The lowest BCUT2D eigenvalue weighted by Gasteiger charge is -2.23. The molecule has 0 radical (unpaired) electrons. The lowest BCUT2D eigenvalue weighted by atomic mass is 9.86. The molecule has 6 aromatic carbocycles. The number of hydrogen-bond donors (Lipinski definition) is 2. The molecule has 348 valence electrons. The molecule has 0 amide bonds. The van der Waals surface area contributed by atoms with Crippen molar-refractivity contribution in [2.24, 2.45) is 0 Å². The van der Waals surface area contributed by atoms with E-state index in [0.29, 0.717) is 52.6 Å². The smallest absolute Gasteiger partial charge is 0.124 e. The molecule has 0 aliphatic carbocycles. The molecule has 6 heteroatoms. The van der Waals surface area contributed by atoms with Crippen molar-refractivity contribution in [1.82, 2.24) is 10.6 Å². The molecule has 2 N–H and O–H groups in total. The Hall–Kier alpha value is -5.56. The zero-order valence-corrected chi connectivity index (χ0v) is 41.8. The Kier molecular flexibility index (Phi) is 14.7. The largest absolute Gasteiger partial charge is 0.489 e. The van der Waals surface area contributed by atoms with E-state index in [-0.39, 0.29) is 21.7 Å². The van der Waals surface area contributed by atoms with Crippen LogP contribution in [0.4, 0.5) is 0 Å². The molecule has 4 bridgehead atoms. The summed E-state index contributed by atoms with van der Waals surface area (Å²) in [6.45, 7) is 31.4. The second kappa shape index (κ2) is 20.1. The van der Waals surface area contributed by atoms with E-state index in [9.17, 15) is 0 Å². The van der Waals surface area contributed by atoms with E-state index in [1.165, 1.54) is 22.3 Å². The van der Waals surface area contributed by atoms with E-state index in [2.05, 4.69) is 215 Å². The van der Waals surface area contributed by atoms with Crippen LogP contribution in [0, 0.1) is 0 Å². The zero-order valence-electron chi connectivity index (χ0n) is 41.8. The molecule has 0 spiro atoms. The highest BCUT2D eigenvalue weighted by Crippen LogP contribution is 2.34.